The maximum atomic E-state index is 13.6. The Morgan fingerprint density at radius 2 is 1.80 bits per heavy atom. The zero-order valence-electron chi connectivity index (χ0n) is 10.7. The van der Waals surface area contributed by atoms with Crippen LogP contribution in [0.1, 0.15) is 11.1 Å². The average molecular weight is 340 g/mol. The van der Waals surface area contributed by atoms with Crippen molar-refractivity contribution in [2.75, 3.05) is 5.32 Å². The van der Waals surface area contributed by atoms with E-state index in [0.29, 0.717) is 0 Å². The Bertz CT molecular complexity index is 641. The van der Waals surface area contributed by atoms with Gasteiger partial charge in [-0.15, -0.1) is 0 Å². The first-order chi connectivity index (χ1) is 9.45. The van der Waals surface area contributed by atoms with Gasteiger partial charge in [-0.05, 0) is 34.5 Å². The standard InChI is InChI=1S/C15H12BrF2NO/c1-9-2-4-10(5-3-9)6-15(20)19-14-8-12(17)11(16)7-13(14)18/h2-5,7-8H,6H2,1H3,(H,19,20). The van der Waals surface area contributed by atoms with E-state index in [-0.39, 0.29) is 16.6 Å². The number of amides is 1. The van der Waals surface area contributed by atoms with Gasteiger partial charge >= 0.3 is 0 Å². The number of carbonyl (C=O) groups excluding carboxylic acids is 1. The monoisotopic (exact) mass is 339 g/mol. The van der Waals surface area contributed by atoms with Crippen LogP contribution in [0.25, 0.3) is 0 Å². The molecule has 0 unspecified atom stereocenters. The maximum Gasteiger partial charge on any atom is 0.228 e. The smallest absolute Gasteiger partial charge is 0.228 e. The second kappa shape index (κ2) is 6.13. The molecule has 2 aromatic carbocycles. The lowest BCUT2D eigenvalue weighted by molar-refractivity contribution is -0.115. The van der Waals surface area contributed by atoms with Gasteiger partial charge in [-0.1, -0.05) is 29.8 Å². The molecule has 0 saturated carbocycles. The summed E-state index contributed by atoms with van der Waals surface area (Å²) in [6.07, 6.45) is 0.109. The molecule has 20 heavy (non-hydrogen) atoms. The molecular weight excluding hydrogens is 328 g/mol. The van der Waals surface area contributed by atoms with Crippen molar-refractivity contribution in [2.45, 2.75) is 13.3 Å². The van der Waals surface area contributed by atoms with Crippen molar-refractivity contribution in [3.8, 4) is 0 Å². The third kappa shape index (κ3) is 3.63. The van der Waals surface area contributed by atoms with Crippen molar-refractivity contribution < 1.29 is 13.6 Å². The topological polar surface area (TPSA) is 29.1 Å². The number of benzene rings is 2. The summed E-state index contributed by atoms with van der Waals surface area (Å²) in [4.78, 5) is 11.8. The van der Waals surface area contributed by atoms with Crippen molar-refractivity contribution in [3.05, 3.63) is 63.6 Å². The summed E-state index contributed by atoms with van der Waals surface area (Å²) in [6.45, 7) is 1.95. The van der Waals surface area contributed by atoms with E-state index in [4.69, 9.17) is 0 Å². The molecule has 0 aromatic heterocycles. The van der Waals surface area contributed by atoms with Gasteiger partial charge in [0.15, 0.2) is 0 Å². The third-order valence-electron chi connectivity index (χ3n) is 2.77. The molecule has 1 N–H and O–H groups in total. The number of carbonyl (C=O) groups is 1. The molecule has 0 aliphatic heterocycles. The molecule has 2 aromatic rings. The lowest BCUT2D eigenvalue weighted by Crippen LogP contribution is -2.15. The number of anilines is 1. The summed E-state index contributed by atoms with van der Waals surface area (Å²) in [7, 11) is 0. The van der Waals surface area contributed by atoms with Crippen molar-refractivity contribution in [1.29, 1.82) is 0 Å². The van der Waals surface area contributed by atoms with E-state index in [1.807, 2.05) is 31.2 Å². The molecule has 104 valence electrons. The first-order valence-corrected chi connectivity index (χ1v) is 6.75. The van der Waals surface area contributed by atoms with Gasteiger partial charge in [-0.2, -0.15) is 0 Å². The molecule has 2 nitrogen and oxygen atoms in total. The highest BCUT2D eigenvalue weighted by molar-refractivity contribution is 9.10. The summed E-state index contributed by atoms with van der Waals surface area (Å²) in [6, 6.07) is 9.37. The Balaban J connectivity index is 2.08. The first-order valence-electron chi connectivity index (χ1n) is 5.95. The minimum Gasteiger partial charge on any atom is -0.323 e. The van der Waals surface area contributed by atoms with Gasteiger partial charge in [-0.25, -0.2) is 8.78 Å². The number of aryl methyl sites for hydroxylation is 1. The van der Waals surface area contributed by atoms with Crippen molar-refractivity contribution in [2.24, 2.45) is 0 Å². The fourth-order valence-corrected chi connectivity index (χ4v) is 2.02. The summed E-state index contributed by atoms with van der Waals surface area (Å²) in [5.41, 5.74) is 1.74. The molecule has 1 amide bonds. The van der Waals surface area contributed by atoms with Crippen molar-refractivity contribution in [3.63, 3.8) is 0 Å². The van der Waals surface area contributed by atoms with Crippen LogP contribution in [0, 0.1) is 18.6 Å². The van der Waals surface area contributed by atoms with E-state index in [0.717, 1.165) is 23.3 Å². The van der Waals surface area contributed by atoms with Crippen LogP contribution in [0.15, 0.2) is 40.9 Å². The minimum atomic E-state index is -0.685. The number of hydrogen-bond acceptors (Lipinski definition) is 1. The molecule has 0 heterocycles. The summed E-state index contributed by atoms with van der Waals surface area (Å²) >= 11 is 2.88. The molecule has 5 heteroatoms. The molecule has 0 atom stereocenters. The van der Waals surface area contributed by atoms with Crippen LogP contribution in [0.3, 0.4) is 0 Å². The lowest BCUT2D eigenvalue weighted by Gasteiger charge is -2.08. The maximum absolute atomic E-state index is 13.6. The lowest BCUT2D eigenvalue weighted by atomic mass is 10.1. The molecular formula is C15H12BrF2NO. The van der Waals surface area contributed by atoms with Crippen LogP contribution in [0.2, 0.25) is 0 Å². The molecule has 0 aliphatic carbocycles. The van der Waals surface area contributed by atoms with E-state index >= 15 is 0 Å². The first kappa shape index (κ1) is 14.7. The van der Waals surface area contributed by atoms with Crippen LogP contribution < -0.4 is 5.32 Å². The highest BCUT2D eigenvalue weighted by Gasteiger charge is 2.11. The third-order valence-corrected chi connectivity index (χ3v) is 3.38. The largest absolute Gasteiger partial charge is 0.323 e. The fourth-order valence-electron chi connectivity index (χ4n) is 1.70. The number of rotatable bonds is 3. The van der Waals surface area contributed by atoms with Crippen LogP contribution in [-0.4, -0.2) is 5.91 Å². The van der Waals surface area contributed by atoms with Crippen LogP contribution in [0.4, 0.5) is 14.5 Å². The molecule has 0 saturated heterocycles. The molecule has 2 rings (SSSR count). The van der Waals surface area contributed by atoms with Gasteiger partial charge in [-0.3, -0.25) is 4.79 Å². The van der Waals surface area contributed by atoms with Crippen LogP contribution in [0.5, 0.6) is 0 Å². The number of nitrogens with one attached hydrogen (secondary N) is 1. The Kier molecular flexibility index (Phi) is 4.49. The van der Waals surface area contributed by atoms with Crippen molar-refractivity contribution in [1.82, 2.24) is 0 Å². The molecule has 0 fully saturated rings. The van der Waals surface area contributed by atoms with Gasteiger partial charge < -0.3 is 5.32 Å². The fraction of sp³-hybridized carbons (Fsp3) is 0.133. The Morgan fingerprint density at radius 3 is 2.45 bits per heavy atom. The van der Waals surface area contributed by atoms with Gasteiger partial charge in [0.25, 0.3) is 0 Å². The summed E-state index contributed by atoms with van der Waals surface area (Å²) in [5.74, 6) is -1.71. The van der Waals surface area contributed by atoms with Crippen molar-refractivity contribution >= 4 is 27.5 Å². The second-order valence-corrected chi connectivity index (χ2v) is 5.31. The summed E-state index contributed by atoms with van der Waals surface area (Å²) < 4.78 is 26.9. The predicted octanol–water partition coefficient (Wildman–Crippen LogP) is 4.22. The van der Waals surface area contributed by atoms with Gasteiger partial charge in [0.2, 0.25) is 5.91 Å². The second-order valence-electron chi connectivity index (χ2n) is 4.46. The highest BCUT2D eigenvalue weighted by Crippen LogP contribution is 2.23. The van der Waals surface area contributed by atoms with E-state index < -0.39 is 17.5 Å². The Labute approximate surface area is 123 Å². The van der Waals surface area contributed by atoms with E-state index in [9.17, 15) is 13.6 Å². The molecule has 0 spiro atoms. The normalized spacial score (nSPS) is 10.4. The highest BCUT2D eigenvalue weighted by atomic mass is 79.9. The Hall–Kier alpha value is -1.75. The Morgan fingerprint density at radius 1 is 1.15 bits per heavy atom. The van der Waals surface area contributed by atoms with E-state index in [1.54, 1.807) is 0 Å². The average Bonchev–Trinajstić information content (AvgIpc) is 2.39. The molecule has 0 radical (unpaired) electrons. The van der Waals surface area contributed by atoms with Gasteiger partial charge in [0.05, 0.1) is 16.6 Å². The van der Waals surface area contributed by atoms with Crippen LogP contribution in [-0.2, 0) is 11.2 Å². The zero-order valence-corrected chi connectivity index (χ0v) is 12.3. The van der Waals surface area contributed by atoms with E-state index in [2.05, 4.69) is 21.2 Å². The van der Waals surface area contributed by atoms with Crippen LogP contribution >= 0.6 is 15.9 Å². The molecule has 0 aliphatic rings. The quantitative estimate of drug-likeness (QED) is 0.833. The van der Waals surface area contributed by atoms with E-state index in [1.165, 1.54) is 0 Å². The SMILES string of the molecule is Cc1ccc(CC(=O)Nc2cc(F)c(Br)cc2F)cc1. The summed E-state index contributed by atoms with van der Waals surface area (Å²) in [5, 5.41) is 2.37. The predicted molar refractivity (Wildman–Crippen MR) is 77.6 cm³/mol. The molecule has 0 bridgehead atoms. The number of halogens is 3. The zero-order chi connectivity index (χ0) is 14.7. The number of hydrogen-bond donors (Lipinski definition) is 1. The minimum absolute atomic E-state index is 0.0199. The van der Waals surface area contributed by atoms with Gasteiger partial charge in [0, 0.05) is 6.07 Å². The van der Waals surface area contributed by atoms with Gasteiger partial charge in [0.1, 0.15) is 11.6 Å².